The van der Waals surface area contributed by atoms with E-state index in [0.717, 1.165) is 24.3 Å². The summed E-state index contributed by atoms with van der Waals surface area (Å²) in [5.74, 6) is -0.978. The van der Waals surface area contributed by atoms with Gasteiger partial charge in [-0.2, -0.15) is 0 Å². The topological polar surface area (TPSA) is 142 Å². The van der Waals surface area contributed by atoms with Crippen molar-refractivity contribution < 1.29 is 27.7 Å². The minimum atomic E-state index is -3.46. The van der Waals surface area contributed by atoms with E-state index in [9.17, 15) is 23.0 Å². The van der Waals surface area contributed by atoms with Gasteiger partial charge in [0.1, 0.15) is 5.56 Å². The molecule has 1 atom stereocenters. The van der Waals surface area contributed by atoms with Gasteiger partial charge in [0, 0.05) is 30.6 Å². The molecule has 2 aliphatic rings. The number of H-pyrrole nitrogens is 1. The fourth-order valence-electron chi connectivity index (χ4n) is 3.74. The van der Waals surface area contributed by atoms with Crippen molar-refractivity contribution in [2.24, 2.45) is 5.92 Å². The Morgan fingerprint density at radius 1 is 1.33 bits per heavy atom. The van der Waals surface area contributed by atoms with Crippen LogP contribution in [0.5, 0.6) is 5.75 Å². The number of aromatic amines is 1. The zero-order chi connectivity index (χ0) is 25.9. The van der Waals surface area contributed by atoms with Crippen LogP contribution in [-0.2, 0) is 27.4 Å². The number of amides is 2. The van der Waals surface area contributed by atoms with E-state index in [-0.39, 0.29) is 29.3 Å². The average Bonchev–Trinajstić information content (AvgIpc) is 3.69. The Hall–Kier alpha value is -3.67. The largest absolute Gasteiger partial charge is 0.494 e. The summed E-state index contributed by atoms with van der Waals surface area (Å²) in [4.78, 5) is 41.6. The van der Waals surface area contributed by atoms with E-state index in [1.165, 1.54) is 31.4 Å². The van der Waals surface area contributed by atoms with Crippen LogP contribution in [0.4, 0.5) is 9.18 Å². The first kappa shape index (κ1) is 25.4. The van der Waals surface area contributed by atoms with Crippen LogP contribution in [0, 0.1) is 16.5 Å². The second-order valence-electron chi connectivity index (χ2n) is 8.69. The summed E-state index contributed by atoms with van der Waals surface area (Å²) in [5, 5.41) is 3.59. The third kappa shape index (κ3) is 5.93. The van der Waals surface area contributed by atoms with Crippen LogP contribution in [0.1, 0.15) is 34.5 Å². The smallest absolute Gasteiger partial charge is 0.410 e. The molecule has 1 unspecified atom stereocenters. The summed E-state index contributed by atoms with van der Waals surface area (Å²) in [5.41, 5.74) is 0.640. The van der Waals surface area contributed by atoms with Crippen LogP contribution < -0.4 is 15.6 Å². The molecule has 1 saturated carbocycles. The van der Waals surface area contributed by atoms with Crippen LogP contribution in [0.15, 0.2) is 45.4 Å². The van der Waals surface area contributed by atoms with Crippen LogP contribution in [0.3, 0.4) is 0 Å². The van der Waals surface area contributed by atoms with E-state index in [1.54, 1.807) is 4.90 Å². The van der Waals surface area contributed by atoms with Gasteiger partial charge in [-0.15, -0.1) is 0 Å². The van der Waals surface area contributed by atoms with Crippen LogP contribution in [-0.4, -0.2) is 52.9 Å². The second kappa shape index (κ2) is 10.5. The van der Waals surface area contributed by atoms with E-state index >= 15 is 0 Å². The van der Waals surface area contributed by atoms with Crippen molar-refractivity contribution in [3.05, 3.63) is 68.7 Å². The van der Waals surface area contributed by atoms with Gasteiger partial charge in [0.2, 0.25) is 0 Å². The molecule has 2 aromatic rings. The van der Waals surface area contributed by atoms with Crippen molar-refractivity contribution >= 4 is 21.7 Å². The maximum Gasteiger partial charge on any atom is 0.410 e. The number of hydrogen-bond acceptors (Lipinski definition) is 7. The minimum Gasteiger partial charge on any atom is -0.494 e. The van der Waals surface area contributed by atoms with Gasteiger partial charge in [0.15, 0.2) is 11.6 Å². The molecule has 2 amide bonds. The summed E-state index contributed by atoms with van der Waals surface area (Å²) >= 11 is 0. The molecule has 0 saturated heterocycles. The van der Waals surface area contributed by atoms with Crippen molar-refractivity contribution in [2.75, 3.05) is 26.8 Å². The molecule has 1 aliphatic carbocycles. The normalized spacial score (nSPS) is 16.8. The monoisotopic (exact) mass is 518 g/mol. The molecule has 192 valence electrons. The predicted molar refractivity (Wildman–Crippen MR) is 129 cm³/mol. The summed E-state index contributed by atoms with van der Waals surface area (Å²) in [6.07, 6.45) is 3.48. The molecule has 1 aromatic heterocycles. The second-order valence-corrected chi connectivity index (χ2v) is 10.6. The highest BCUT2D eigenvalue weighted by atomic mass is 32.2. The van der Waals surface area contributed by atoms with Crippen molar-refractivity contribution in [2.45, 2.75) is 30.7 Å². The molecule has 36 heavy (non-hydrogen) atoms. The standard InChI is InChI=1S/C24H27FN4O6S/c1-34-21-6-5-17(12-19(21)25)36(26,33)10-2-8-27-22(30)18-11-16-13-29(9-7-20(16)28-23(18)31)24(32)35-14-15-3-4-15/h2,5-6,10-12,15,26H,3-4,7-9,13-14H2,1H3,(H,27,30)(H,28,31)/b10-2+. The molecule has 0 spiro atoms. The number of nitrogens with one attached hydrogen (secondary N) is 3. The molecular weight excluding hydrogens is 491 g/mol. The zero-order valence-electron chi connectivity index (χ0n) is 19.7. The van der Waals surface area contributed by atoms with Gasteiger partial charge >= 0.3 is 6.09 Å². The first-order valence-electron chi connectivity index (χ1n) is 11.4. The molecule has 12 heteroatoms. The summed E-state index contributed by atoms with van der Waals surface area (Å²) in [6, 6.07) is 5.04. The Balaban J connectivity index is 1.37. The number of carbonyl (C=O) groups excluding carboxylic acids is 2. The number of hydrogen-bond donors (Lipinski definition) is 3. The molecular formula is C24H27FN4O6S. The minimum absolute atomic E-state index is 0.0289. The van der Waals surface area contributed by atoms with Crippen molar-refractivity contribution in [1.29, 1.82) is 4.78 Å². The number of rotatable bonds is 8. The average molecular weight is 519 g/mol. The van der Waals surface area contributed by atoms with Gasteiger partial charge in [-0.1, -0.05) is 6.08 Å². The van der Waals surface area contributed by atoms with Gasteiger partial charge in [0.25, 0.3) is 11.5 Å². The first-order valence-corrected chi connectivity index (χ1v) is 13.0. The zero-order valence-corrected chi connectivity index (χ0v) is 20.5. The van der Waals surface area contributed by atoms with Crippen molar-refractivity contribution in [3.63, 3.8) is 0 Å². The fourth-order valence-corrected chi connectivity index (χ4v) is 4.81. The highest BCUT2D eigenvalue weighted by Crippen LogP contribution is 2.29. The Morgan fingerprint density at radius 3 is 2.81 bits per heavy atom. The van der Waals surface area contributed by atoms with Gasteiger partial charge in [-0.25, -0.2) is 18.2 Å². The first-order chi connectivity index (χ1) is 17.2. The highest BCUT2D eigenvalue weighted by molar-refractivity contribution is 7.95. The van der Waals surface area contributed by atoms with E-state index in [0.29, 0.717) is 36.7 Å². The lowest BCUT2D eigenvalue weighted by Gasteiger charge is -2.28. The number of nitrogens with zero attached hydrogens (tertiary/aromatic N) is 1. The van der Waals surface area contributed by atoms with Gasteiger partial charge in [0.05, 0.1) is 34.9 Å². The quantitative estimate of drug-likeness (QED) is 0.491. The van der Waals surface area contributed by atoms with E-state index in [2.05, 4.69) is 10.3 Å². The summed E-state index contributed by atoms with van der Waals surface area (Å²) in [7, 11) is -2.16. The molecule has 10 nitrogen and oxygen atoms in total. The Bertz CT molecular complexity index is 1370. The maximum atomic E-state index is 13.9. The molecule has 1 aliphatic heterocycles. The molecule has 1 fully saturated rings. The van der Waals surface area contributed by atoms with E-state index in [4.69, 9.17) is 14.3 Å². The number of halogens is 1. The lowest BCUT2D eigenvalue weighted by molar-refractivity contribution is 0.0935. The van der Waals surface area contributed by atoms with E-state index in [1.807, 2.05) is 0 Å². The number of carbonyl (C=O) groups is 2. The van der Waals surface area contributed by atoms with E-state index < -0.39 is 33.1 Å². The number of fused-ring (bicyclic) bond motifs is 1. The SMILES string of the molecule is COc1ccc(S(=N)(=O)/C=C/CNC(=O)c2cc3c([nH]c2=O)CCN(C(=O)OCC2CC2)C3)cc1F. The number of methoxy groups -OCH3 is 1. The third-order valence-electron chi connectivity index (χ3n) is 5.99. The van der Waals surface area contributed by atoms with Crippen LogP contribution >= 0.6 is 0 Å². The predicted octanol–water partition coefficient (Wildman–Crippen LogP) is 2.78. The van der Waals surface area contributed by atoms with Crippen molar-refractivity contribution in [3.8, 4) is 5.75 Å². The van der Waals surface area contributed by atoms with Crippen LogP contribution in [0.2, 0.25) is 0 Å². The maximum absolute atomic E-state index is 13.9. The molecule has 1 aromatic carbocycles. The summed E-state index contributed by atoms with van der Waals surface area (Å²) < 4.78 is 44.6. The lowest BCUT2D eigenvalue weighted by Crippen LogP contribution is -2.39. The molecule has 3 N–H and O–H groups in total. The lowest BCUT2D eigenvalue weighted by atomic mass is 10.0. The van der Waals surface area contributed by atoms with Gasteiger partial charge in [-0.3, -0.25) is 9.59 Å². The Labute approximate surface area is 207 Å². The highest BCUT2D eigenvalue weighted by Gasteiger charge is 2.27. The molecule has 4 rings (SSSR count). The summed E-state index contributed by atoms with van der Waals surface area (Å²) in [6.45, 7) is 0.930. The third-order valence-corrected chi connectivity index (χ3v) is 7.52. The van der Waals surface area contributed by atoms with Crippen LogP contribution in [0.25, 0.3) is 0 Å². The number of benzene rings is 1. The number of pyridine rings is 1. The Morgan fingerprint density at radius 2 is 2.11 bits per heavy atom. The molecule has 0 bridgehead atoms. The van der Waals surface area contributed by atoms with Gasteiger partial charge in [-0.05, 0) is 48.6 Å². The van der Waals surface area contributed by atoms with Crippen molar-refractivity contribution in [1.82, 2.24) is 15.2 Å². The number of aromatic nitrogens is 1. The number of ether oxygens (including phenoxy) is 2. The molecule has 2 heterocycles. The molecule has 0 radical (unpaired) electrons. The Kier molecular flexibility index (Phi) is 7.43. The fraction of sp³-hybridized carbons (Fsp3) is 0.375. The van der Waals surface area contributed by atoms with Gasteiger partial charge < -0.3 is 24.7 Å².